The molecule has 4 aliphatic heterocycles. The zero-order valence-corrected chi connectivity index (χ0v) is 23.9. The summed E-state index contributed by atoms with van der Waals surface area (Å²) in [7, 11) is 0. The highest BCUT2D eigenvalue weighted by molar-refractivity contribution is 6.07. The number of esters is 1. The van der Waals surface area contributed by atoms with E-state index in [0.29, 0.717) is 44.2 Å². The number of fused-ring (bicyclic) bond motifs is 6. The summed E-state index contributed by atoms with van der Waals surface area (Å²) >= 11 is 0. The van der Waals surface area contributed by atoms with E-state index < -0.39 is 52.3 Å². The number of para-hydroxylation sites is 1. The molecule has 1 aromatic carbocycles. The molecule has 1 amide bonds. The first-order valence-electron chi connectivity index (χ1n) is 15.2. The highest BCUT2D eigenvalue weighted by Gasteiger charge is 2.79. The van der Waals surface area contributed by atoms with Crippen LogP contribution in [0.3, 0.4) is 0 Å². The average molecular weight is 569 g/mol. The van der Waals surface area contributed by atoms with Crippen LogP contribution in [0.5, 0.6) is 0 Å². The van der Waals surface area contributed by atoms with Gasteiger partial charge in [-0.05, 0) is 74.8 Å². The highest BCUT2D eigenvalue weighted by atomic mass is 19.1. The number of carbonyl (C=O) groups is 2. The summed E-state index contributed by atoms with van der Waals surface area (Å²) in [6.45, 7) is 8.95. The topological polar surface area (TPSA) is 119 Å². The summed E-state index contributed by atoms with van der Waals surface area (Å²) in [4.78, 5) is 30.4. The summed E-state index contributed by atoms with van der Waals surface area (Å²) in [5.41, 5.74) is -2.06. The van der Waals surface area contributed by atoms with Crippen LogP contribution in [0, 0.1) is 39.8 Å². The van der Waals surface area contributed by atoms with Crippen LogP contribution in [0.15, 0.2) is 30.4 Å². The Balaban J connectivity index is 1.43. The lowest BCUT2D eigenvalue weighted by atomic mass is 9.44. The second-order valence-electron chi connectivity index (χ2n) is 14.1. The van der Waals surface area contributed by atoms with Crippen LogP contribution >= 0.6 is 0 Å². The van der Waals surface area contributed by atoms with Crippen molar-refractivity contribution in [3.05, 3.63) is 41.7 Å². The molecule has 6 aliphatic rings. The van der Waals surface area contributed by atoms with Crippen LogP contribution in [-0.4, -0.2) is 70.1 Å². The molecule has 0 bridgehead atoms. The third-order valence-electron chi connectivity index (χ3n) is 12.8. The summed E-state index contributed by atoms with van der Waals surface area (Å²) in [5.74, 6) is -2.21. The lowest BCUT2D eigenvalue weighted by Crippen LogP contribution is -2.59. The third kappa shape index (κ3) is 3.08. The van der Waals surface area contributed by atoms with Crippen LogP contribution in [-0.2, 0) is 19.9 Å². The molecule has 4 heterocycles. The van der Waals surface area contributed by atoms with E-state index in [1.807, 2.05) is 6.92 Å². The number of aliphatic hydroxyl groups excluding tert-OH is 3. The van der Waals surface area contributed by atoms with Gasteiger partial charge in [-0.1, -0.05) is 38.1 Å². The third-order valence-corrected chi connectivity index (χ3v) is 12.8. The number of nitrogens with zero attached hydrogens (tertiary/aromatic N) is 1. The Hall–Kier alpha value is -2.33. The zero-order chi connectivity index (χ0) is 29.1. The van der Waals surface area contributed by atoms with Crippen molar-refractivity contribution in [2.24, 2.45) is 34.0 Å². The van der Waals surface area contributed by atoms with Gasteiger partial charge in [-0.25, -0.2) is 4.39 Å². The molecule has 2 aliphatic carbocycles. The molecule has 2 spiro atoms. The molecule has 7 rings (SSSR count). The van der Waals surface area contributed by atoms with E-state index in [2.05, 4.69) is 23.7 Å². The number of carbonyl (C=O) groups excluding carboxylic acids is 2. The first-order chi connectivity index (χ1) is 19.5. The number of allylic oxidation sites excluding steroid dienone is 1. The Bertz CT molecular complexity index is 1340. The van der Waals surface area contributed by atoms with Gasteiger partial charge in [0.2, 0.25) is 5.91 Å². The van der Waals surface area contributed by atoms with Crippen molar-refractivity contribution in [1.82, 2.24) is 4.90 Å². The Morgan fingerprint density at radius 1 is 1.17 bits per heavy atom. The maximum absolute atomic E-state index is 15.2. The van der Waals surface area contributed by atoms with Crippen LogP contribution < -0.4 is 5.32 Å². The Kier molecular flexibility index (Phi) is 5.93. The molecular formula is C32H41FN2O6. The minimum absolute atomic E-state index is 0.00468. The molecule has 3 saturated heterocycles. The fourth-order valence-corrected chi connectivity index (χ4v) is 10.9. The van der Waals surface area contributed by atoms with Crippen molar-refractivity contribution in [3.63, 3.8) is 0 Å². The molecule has 2 unspecified atom stereocenters. The Morgan fingerprint density at radius 2 is 1.95 bits per heavy atom. The van der Waals surface area contributed by atoms with E-state index in [-0.39, 0.29) is 42.1 Å². The second kappa shape index (κ2) is 8.85. The minimum Gasteiger partial charge on any atom is -0.462 e. The molecule has 9 heteroatoms. The molecule has 10 atom stereocenters. The number of benzene rings is 1. The largest absolute Gasteiger partial charge is 0.462 e. The van der Waals surface area contributed by atoms with Gasteiger partial charge in [0.1, 0.15) is 29.5 Å². The lowest BCUT2D eigenvalue weighted by Gasteiger charge is -2.60. The summed E-state index contributed by atoms with van der Waals surface area (Å²) < 4.78 is 20.8. The van der Waals surface area contributed by atoms with Crippen LogP contribution in [0.2, 0.25) is 0 Å². The molecule has 41 heavy (non-hydrogen) atoms. The molecular weight excluding hydrogens is 527 g/mol. The van der Waals surface area contributed by atoms with E-state index in [9.17, 15) is 24.9 Å². The maximum Gasteiger partial charge on any atom is 0.316 e. The van der Waals surface area contributed by atoms with Crippen molar-refractivity contribution < 1.29 is 34.0 Å². The second-order valence-corrected chi connectivity index (χ2v) is 14.1. The number of cyclic esters (lactones) is 1. The number of hydrogen-bond donors (Lipinski definition) is 4. The predicted molar refractivity (Wildman–Crippen MR) is 148 cm³/mol. The zero-order valence-electron chi connectivity index (χ0n) is 23.9. The smallest absolute Gasteiger partial charge is 0.316 e. The molecule has 1 aromatic rings. The van der Waals surface area contributed by atoms with Gasteiger partial charge in [0.25, 0.3) is 0 Å². The van der Waals surface area contributed by atoms with E-state index >= 15 is 4.39 Å². The average Bonchev–Trinajstić information content (AvgIpc) is 3.67. The SMILES string of the molecule is C=C1CC[C@@H]2[C@](C)(CO)[C@H](O)CC[C@@]2(C)[C@@H]1CC1[C@@]2(C(=O)OC[C@H]2O)C2CCCN2[C@]12C(=O)Nc1c(F)cccc12. The molecule has 0 aromatic heterocycles. The van der Waals surface area contributed by atoms with Gasteiger partial charge in [0, 0.05) is 22.9 Å². The van der Waals surface area contributed by atoms with Crippen LogP contribution in [0.25, 0.3) is 0 Å². The van der Waals surface area contributed by atoms with Crippen molar-refractivity contribution in [3.8, 4) is 0 Å². The van der Waals surface area contributed by atoms with Crippen LogP contribution in [0.4, 0.5) is 10.1 Å². The van der Waals surface area contributed by atoms with Crippen molar-refractivity contribution >= 4 is 17.6 Å². The maximum atomic E-state index is 15.2. The number of ether oxygens (including phenoxy) is 1. The lowest BCUT2D eigenvalue weighted by molar-refractivity contribution is -0.161. The van der Waals surface area contributed by atoms with Crippen molar-refractivity contribution in [2.75, 3.05) is 25.1 Å². The number of aliphatic hydroxyl groups is 3. The predicted octanol–water partition coefficient (Wildman–Crippen LogP) is 3.10. The van der Waals surface area contributed by atoms with Crippen LogP contribution in [0.1, 0.15) is 64.4 Å². The highest BCUT2D eigenvalue weighted by Crippen LogP contribution is 2.70. The van der Waals surface area contributed by atoms with Gasteiger partial charge in [0.15, 0.2) is 0 Å². The number of rotatable bonds is 3. The number of amides is 1. The summed E-state index contributed by atoms with van der Waals surface area (Å²) in [6.07, 6.45) is 2.76. The number of nitrogens with one attached hydrogen (secondary N) is 1. The normalized spacial score (nSPS) is 47.0. The Morgan fingerprint density at radius 3 is 2.66 bits per heavy atom. The summed E-state index contributed by atoms with van der Waals surface area (Å²) in [6, 6.07) is 4.30. The van der Waals surface area contributed by atoms with E-state index in [1.54, 1.807) is 12.1 Å². The van der Waals surface area contributed by atoms with E-state index in [1.165, 1.54) is 6.07 Å². The summed E-state index contributed by atoms with van der Waals surface area (Å²) in [5, 5.41) is 36.1. The van der Waals surface area contributed by atoms with Crippen molar-refractivity contribution in [2.45, 2.75) is 82.6 Å². The molecule has 8 nitrogen and oxygen atoms in total. The van der Waals surface area contributed by atoms with E-state index in [0.717, 1.165) is 18.4 Å². The minimum atomic E-state index is -1.35. The monoisotopic (exact) mass is 568 g/mol. The standard InChI is InChI=1S/C32H41FN2O6/c1-17-9-10-21-29(2,12-11-24(37)30(21,3)16-36)19(17)14-22-31(25(38)15-41-28(31)40)23-8-5-13-35(23)32(22)18-6-4-7-20(33)26(18)34-27(32)39/h4,6-7,19,21-25,36-38H,1,5,8-16H2,2-3H3,(H,34,39)/t19-,21+,22?,23?,24-,25-,29+,30+,31-,32+/m1/s1. The van der Waals surface area contributed by atoms with Gasteiger partial charge in [-0.3, -0.25) is 14.5 Å². The molecule has 0 radical (unpaired) electrons. The fourth-order valence-electron chi connectivity index (χ4n) is 10.9. The van der Waals surface area contributed by atoms with E-state index in [4.69, 9.17) is 4.74 Å². The number of anilines is 1. The quantitative estimate of drug-likeness (QED) is 0.327. The van der Waals surface area contributed by atoms with Gasteiger partial charge in [-0.15, -0.1) is 0 Å². The fraction of sp³-hybridized carbons (Fsp3) is 0.688. The molecule has 4 N–H and O–H groups in total. The number of halogens is 1. The van der Waals surface area contributed by atoms with Gasteiger partial charge >= 0.3 is 5.97 Å². The van der Waals surface area contributed by atoms with Gasteiger partial charge in [-0.2, -0.15) is 0 Å². The first-order valence-corrected chi connectivity index (χ1v) is 15.2. The van der Waals surface area contributed by atoms with Gasteiger partial charge < -0.3 is 25.4 Å². The van der Waals surface area contributed by atoms with Crippen molar-refractivity contribution in [1.29, 1.82) is 0 Å². The Labute approximate surface area is 239 Å². The molecule has 5 fully saturated rings. The van der Waals surface area contributed by atoms with Gasteiger partial charge in [0.05, 0.1) is 18.4 Å². The number of hydrogen-bond acceptors (Lipinski definition) is 7. The molecule has 222 valence electrons. The molecule has 2 saturated carbocycles. The first kappa shape index (κ1) is 27.5.